The van der Waals surface area contributed by atoms with Gasteiger partial charge in [0.25, 0.3) is 5.88 Å². The maximum atomic E-state index is 9.84. The van der Waals surface area contributed by atoms with Crippen LogP contribution in [0.3, 0.4) is 0 Å². The van der Waals surface area contributed by atoms with Crippen molar-refractivity contribution in [1.29, 1.82) is 0 Å². The van der Waals surface area contributed by atoms with Gasteiger partial charge in [-0.3, -0.25) is 0 Å². The average molecular weight is 372 g/mol. The first-order valence-electron chi connectivity index (χ1n) is 8.90. The van der Waals surface area contributed by atoms with E-state index in [1.807, 2.05) is 31.2 Å². The van der Waals surface area contributed by atoms with Crippen LogP contribution >= 0.6 is 11.6 Å². The normalized spacial score (nSPS) is 19.1. The molecule has 2 heterocycles. The third kappa shape index (κ3) is 3.17. The summed E-state index contributed by atoms with van der Waals surface area (Å²) in [5.41, 5.74) is 3.91. The summed E-state index contributed by atoms with van der Waals surface area (Å²) >= 11 is 5.94. The van der Waals surface area contributed by atoms with Crippen molar-refractivity contribution in [1.82, 2.24) is 14.8 Å². The van der Waals surface area contributed by atoms with Crippen LogP contribution in [0.15, 0.2) is 30.5 Å². The van der Waals surface area contributed by atoms with Gasteiger partial charge in [0.2, 0.25) is 0 Å². The Balaban J connectivity index is 1.70. The second kappa shape index (κ2) is 6.89. The summed E-state index contributed by atoms with van der Waals surface area (Å²) in [5.74, 6) is 1.93. The minimum atomic E-state index is -0.0160. The predicted octanol–water partition coefficient (Wildman–Crippen LogP) is 4.12. The molecule has 1 aliphatic rings. The zero-order chi connectivity index (χ0) is 18.3. The van der Waals surface area contributed by atoms with Crippen molar-refractivity contribution in [2.75, 3.05) is 0 Å². The number of aliphatic hydroxyl groups is 1. The maximum Gasteiger partial charge on any atom is 0.258 e. The molecule has 1 aromatic carbocycles. The molecule has 4 rings (SSSR count). The molecule has 2 aromatic heterocycles. The van der Waals surface area contributed by atoms with Crippen LogP contribution < -0.4 is 4.74 Å². The third-order valence-electron chi connectivity index (χ3n) is 5.37. The Morgan fingerprint density at radius 1 is 1.31 bits per heavy atom. The smallest absolute Gasteiger partial charge is 0.258 e. The number of hydrogen-bond acceptors (Lipinski definition) is 4. The number of ether oxygens (including phenoxy) is 1. The SMILES string of the molecule is Cc1c(CO)c2cnnc(OCc3ccc(Cl)cc3)c2n1C[C@H]1C[C@@H]1C. The molecular weight excluding hydrogens is 350 g/mol. The van der Waals surface area contributed by atoms with E-state index in [0.29, 0.717) is 23.4 Å². The molecule has 0 saturated heterocycles. The largest absolute Gasteiger partial charge is 0.470 e. The summed E-state index contributed by atoms with van der Waals surface area (Å²) in [6.45, 7) is 5.62. The summed E-state index contributed by atoms with van der Waals surface area (Å²) in [7, 11) is 0. The first-order chi connectivity index (χ1) is 12.6. The van der Waals surface area contributed by atoms with Crippen LogP contribution in [0.2, 0.25) is 5.02 Å². The number of fused-ring (bicyclic) bond motifs is 1. The van der Waals surface area contributed by atoms with Gasteiger partial charge in [-0.2, -0.15) is 5.10 Å². The molecular formula is C20H22ClN3O2. The third-order valence-corrected chi connectivity index (χ3v) is 5.62. The highest BCUT2D eigenvalue weighted by molar-refractivity contribution is 6.30. The molecule has 5 nitrogen and oxygen atoms in total. The molecule has 3 aromatic rings. The summed E-state index contributed by atoms with van der Waals surface area (Å²) < 4.78 is 8.25. The summed E-state index contributed by atoms with van der Waals surface area (Å²) in [4.78, 5) is 0. The van der Waals surface area contributed by atoms with Crippen LogP contribution in [-0.4, -0.2) is 19.9 Å². The van der Waals surface area contributed by atoms with Crippen molar-refractivity contribution < 1.29 is 9.84 Å². The van der Waals surface area contributed by atoms with Gasteiger partial charge >= 0.3 is 0 Å². The Hall–Kier alpha value is -2.11. The van der Waals surface area contributed by atoms with Gasteiger partial charge in [0, 0.05) is 28.2 Å². The maximum absolute atomic E-state index is 9.84. The van der Waals surface area contributed by atoms with Crippen molar-refractivity contribution in [2.24, 2.45) is 11.8 Å². The van der Waals surface area contributed by atoms with Crippen molar-refractivity contribution in [3.8, 4) is 5.88 Å². The molecule has 26 heavy (non-hydrogen) atoms. The molecule has 0 bridgehead atoms. The van der Waals surface area contributed by atoms with Gasteiger partial charge in [-0.05, 0) is 42.9 Å². The number of halogens is 1. The van der Waals surface area contributed by atoms with Crippen LogP contribution in [-0.2, 0) is 19.8 Å². The minimum absolute atomic E-state index is 0.0160. The van der Waals surface area contributed by atoms with Crippen LogP contribution in [0.4, 0.5) is 0 Å². The van der Waals surface area contributed by atoms with Gasteiger partial charge in [0.05, 0.1) is 12.8 Å². The molecule has 1 aliphatic carbocycles. The standard InChI is InChI=1S/C20H22ClN3O2/c1-12-7-15(12)9-24-13(2)18(10-25)17-8-22-23-20(19(17)24)26-11-14-3-5-16(21)6-4-14/h3-6,8,12,15,25H,7,9-11H2,1-2H3/t12-,15+/m0/s1. The van der Waals surface area contributed by atoms with E-state index in [9.17, 15) is 5.11 Å². The topological polar surface area (TPSA) is 60.2 Å². The van der Waals surface area contributed by atoms with Crippen LogP contribution in [0.1, 0.15) is 30.2 Å². The zero-order valence-corrected chi connectivity index (χ0v) is 15.7. The molecule has 6 heteroatoms. The van der Waals surface area contributed by atoms with E-state index in [-0.39, 0.29) is 6.61 Å². The Labute approximate surface area is 157 Å². The van der Waals surface area contributed by atoms with E-state index in [1.54, 1.807) is 6.20 Å². The van der Waals surface area contributed by atoms with E-state index in [4.69, 9.17) is 16.3 Å². The average Bonchev–Trinajstić information content (AvgIpc) is 3.27. The van der Waals surface area contributed by atoms with Crippen molar-refractivity contribution >= 4 is 22.5 Å². The molecule has 1 N–H and O–H groups in total. The fourth-order valence-electron chi connectivity index (χ4n) is 3.52. The number of aromatic nitrogens is 3. The van der Waals surface area contributed by atoms with Gasteiger partial charge in [-0.1, -0.05) is 30.7 Å². The highest BCUT2D eigenvalue weighted by Crippen LogP contribution is 2.41. The lowest BCUT2D eigenvalue weighted by Crippen LogP contribution is -2.06. The summed E-state index contributed by atoms with van der Waals surface area (Å²) in [6.07, 6.45) is 2.96. The van der Waals surface area contributed by atoms with Crippen LogP contribution in [0.25, 0.3) is 10.9 Å². The fourth-order valence-corrected chi connectivity index (χ4v) is 3.64. The van der Waals surface area contributed by atoms with Crippen molar-refractivity contribution in [3.63, 3.8) is 0 Å². The van der Waals surface area contributed by atoms with Gasteiger partial charge < -0.3 is 14.4 Å². The number of benzene rings is 1. The molecule has 136 valence electrons. The molecule has 0 unspecified atom stereocenters. The molecule has 1 saturated carbocycles. The molecule has 0 amide bonds. The molecule has 1 fully saturated rings. The second-order valence-electron chi connectivity index (χ2n) is 7.13. The van der Waals surface area contributed by atoms with Crippen molar-refractivity contribution in [2.45, 2.75) is 40.0 Å². The Morgan fingerprint density at radius 2 is 2.04 bits per heavy atom. The van der Waals surface area contributed by atoms with Gasteiger partial charge in [-0.15, -0.1) is 5.10 Å². The first kappa shape index (κ1) is 17.3. The minimum Gasteiger partial charge on any atom is -0.470 e. The van der Waals surface area contributed by atoms with Gasteiger partial charge in [0.15, 0.2) is 0 Å². The number of rotatable bonds is 6. The summed E-state index contributed by atoms with van der Waals surface area (Å²) in [6, 6.07) is 7.56. The lowest BCUT2D eigenvalue weighted by molar-refractivity contribution is 0.282. The van der Waals surface area contributed by atoms with Crippen molar-refractivity contribution in [3.05, 3.63) is 52.3 Å². The lowest BCUT2D eigenvalue weighted by Gasteiger charge is -2.11. The molecule has 0 aliphatic heterocycles. The van der Waals surface area contributed by atoms with E-state index in [2.05, 4.69) is 21.7 Å². The predicted molar refractivity (Wildman–Crippen MR) is 101 cm³/mol. The number of hydrogen-bond donors (Lipinski definition) is 1. The zero-order valence-electron chi connectivity index (χ0n) is 14.9. The van der Waals surface area contributed by atoms with E-state index in [1.165, 1.54) is 6.42 Å². The van der Waals surface area contributed by atoms with E-state index < -0.39 is 0 Å². The lowest BCUT2D eigenvalue weighted by atomic mass is 10.2. The van der Waals surface area contributed by atoms with E-state index >= 15 is 0 Å². The molecule has 2 atom stereocenters. The van der Waals surface area contributed by atoms with Gasteiger partial charge in [0.1, 0.15) is 12.1 Å². The quantitative estimate of drug-likeness (QED) is 0.708. The molecule has 0 spiro atoms. The highest BCUT2D eigenvalue weighted by atomic mass is 35.5. The highest BCUT2D eigenvalue weighted by Gasteiger charge is 2.34. The monoisotopic (exact) mass is 371 g/mol. The second-order valence-corrected chi connectivity index (χ2v) is 7.57. The first-order valence-corrected chi connectivity index (χ1v) is 9.27. The number of aliphatic hydroxyl groups excluding tert-OH is 1. The van der Waals surface area contributed by atoms with Crippen LogP contribution in [0, 0.1) is 18.8 Å². The Kier molecular flexibility index (Phi) is 4.59. The van der Waals surface area contributed by atoms with Gasteiger partial charge in [-0.25, -0.2) is 0 Å². The number of nitrogens with zero attached hydrogens (tertiary/aromatic N) is 3. The van der Waals surface area contributed by atoms with E-state index in [0.717, 1.165) is 40.2 Å². The molecule has 0 radical (unpaired) electrons. The Bertz CT molecular complexity index is 936. The fraction of sp³-hybridized carbons (Fsp3) is 0.400. The summed E-state index contributed by atoms with van der Waals surface area (Å²) in [5, 5.41) is 19.8. The van der Waals surface area contributed by atoms with Crippen LogP contribution in [0.5, 0.6) is 5.88 Å². The Morgan fingerprint density at radius 3 is 2.69 bits per heavy atom.